The van der Waals surface area contributed by atoms with E-state index in [4.69, 9.17) is 0 Å². The Morgan fingerprint density at radius 3 is 2.48 bits per heavy atom. The molecule has 0 fully saturated rings. The molecule has 6 nitrogen and oxygen atoms in total. The minimum Gasteiger partial charge on any atom is -0.391 e. The Hall–Kier alpha value is -2.34. The van der Waals surface area contributed by atoms with Crippen molar-refractivity contribution < 1.29 is 9.90 Å². The van der Waals surface area contributed by atoms with E-state index in [0.717, 1.165) is 24.1 Å². The van der Waals surface area contributed by atoms with Gasteiger partial charge in [0.25, 0.3) is 0 Å². The fourth-order valence-corrected chi connectivity index (χ4v) is 2.52. The molecule has 0 saturated carbocycles. The Kier molecular flexibility index (Phi) is 6.17. The number of nitrogens with one attached hydrogen (secondary N) is 3. The summed E-state index contributed by atoms with van der Waals surface area (Å²) in [5, 5.41) is 22.3. The molecule has 2 amide bonds. The van der Waals surface area contributed by atoms with E-state index in [9.17, 15) is 9.90 Å². The molecule has 0 aliphatic heterocycles. The lowest BCUT2D eigenvalue weighted by Crippen LogP contribution is -2.38. The van der Waals surface area contributed by atoms with Gasteiger partial charge in [0.05, 0.1) is 11.8 Å². The highest BCUT2D eigenvalue weighted by Crippen LogP contribution is 2.18. The van der Waals surface area contributed by atoms with Crippen molar-refractivity contribution in [1.82, 2.24) is 15.5 Å². The van der Waals surface area contributed by atoms with Gasteiger partial charge in [0.2, 0.25) is 0 Å². The summed E-state index contributed by atoms with van der Waals surface area (Å²) in [5.74, 6) is 0.212. The Bertz CT molecular complexity index is 592. The lowest BCUT2D eigenvalue weighted by Gasteiger charge is -2.20. The summed E-state index contributed by atoms with van der Waals surface area (Å²) in [4.78, 5) is 11.9. The molecule has 0 saturated heterocycles. The average molecular weight is 316 g/mol. The van der Waals surface area contributed by atoms with Crippen molar-refractivity contribution in [2.24, 2.45) is 5.92 Å². The zero-order valence-electron chi connectivity index (χ0n) is 13.5. The Balaban J connectivity index is 1.83. The van der Waals surface area contributed by atoms with Gasteiger partial charge in [-0.1, -0.05) is 38.8 Å². The molecular formula is C17H24N4O2. The van der Waals surface area contributed by atoms with Crippen LogP contribution in [-0.2, 0) is 0 Å². The van der Waals surface area contributed by atoms with Crippen LogP contribution in [-0.4, -0.2) is 34.0 Å². The van der Waals surface area contributed by atoms with Crippen LogP contribution >= 0.6 is 0 Å². The number of hydrogen-bond acceptors (Lipinski definition) is 3. The second kappa shape index (κ2) is 8.33. The third-order valence-electron chi connectivity index (χ3n) is 4.02. The molecule has 23 heavy (non-hydrogen) atoms. The Labute approximate surface area is 136 Å². The van der Waals surface area contributed by atoms with E-state index in [1.807, 2.05) is 44.2 Å². The van der Waals surface area contributed by atoms with Crippen LogP contribution in [0.5, 0.6) is 0 Å². The molecule has 1 atom stereocenters. The topological polar surface area (TPSA) is 90.0 Å². The highest BCUT2D eigenvalue weighted by molar-refractivity contribution is 5.89. The zero-order chi connectivity index (χ0) is 16.7. The Morgan fingerprint density at radius 2 is 1.91 bits per heavy atom. The fourth-order valence-electron chi connectivity index (χ4n) is 2.52. The van der Waals surface area contributed by atoms with Crippen molar-refractivity contribution in [3.8, 4) is 11.3 Å². The lowest BCUT2D eigenvalue weighted by molar-refractivity contribution is 0.104. The number of carbonyl (C=O) groups is 1. The van der Waals surface area contributed by atoms with E-state index in [0.29, 0.717) is 5.69 Å². The van der Waals surface area contributed by atoms with Crippen LogP contribution in [0.1, 0.15) is 26.7 Å². The summed E-state index contributed by atoms with van der Waals surface area (Å²) in [7, 11) is 0. The van der Waals surface area contributed by atoms with Crippen LogP contribution in [0.2, 0.25) is 0 Å². The maximum atomic E-state index is 11.9. The standard InChI is InChI=1S/C17H24N4O2/c1-3-12(4-2)16(22)11-18-17(23)20-14-7-5-13(6-8-14)15-9-10-19-21-15/h5-10,12,16,22H,3-4,11H2,1-2H3,(H,19,21)(H2,18,20,23). The van der Waals surface area contributed by atoms with Crippen molar-refractivity contribution in [1.29, 1.82) is 0 Å². The van der Waals surface area contributed by atoms with Crippen LogP contribution in [0.3, 0.4) is 0 Å². The number of anilines is 1. The number of carbonyl (C=O) groups excluding carboxylic acids is 1. The quantitative estimate of drug-likeness (QED) is 0.633. The molecule has 124 valence electrons. The summed E-state index contributed by atoms with van der Waals surface area (Å²) in [6.07, 6.45) is 2.98. The molecule has 1 unspecified atom stereocenters. The summed E-state index contributed by atoms with van der Waals surface area (Å²) in [5.41, 5.74) is 2.62. The molecule has 0 spiro atoms. The van der Waals surface area contributed by atoms with Gasteiger partial charge in [0.15, 0.2) is 0 Å². The number of benzene rings is 1. The number of aliphatic hydroxyl groups is 1. The zero-order valence-corrected chi connectivity index (χ0v) is 13.5. The molecule has 0 aliphatic carbocycles. The molecule has 0 bridgehead atoms. The molecular weight excluding hydrogens is 292 g/mol. The van der Waals surface area contributed by atoms with E-state index >= 15 is 0 Å². The molecule has 6 heteroatoms. The summed E-state index contributed by atoms with van der Waals surface area (Å²) in [6, 6.07) is 9.03. The van der Waals surface area contributed by atoms with E-state index in [2.05, 4.69) is 20.8 Å². The van der Waals surface area contributed by atoms with E-state index in [1.165, 1.54) is 0 Å². The minimum absolute atomic E-state index is 0.212. The molecule has 1 aromatic heterocycles. The smallest absolute Gasteiger partial charge is 0.319 e. The monoisotopic (exact) mass is 316 g/mol. The van der Waals surface area contributed by atoms with E-state index in [-0.39, 0.29) is 18.5 Å². The minimum atomic E-state index is -0.515. The number of rotatable bonds is 7. The number of H-pyrrole nitrogens is 1. The molecule has 1 heterocycles. The van der Waals surface area contributed by atoms with Crippen LogP contribution < -0.4 is 10.6 Å². The van der Waals surface area contributed by atoms with Gasteiger partial charge >= 0.3 is 6.03 Å². The number of aliphatic hydroxyl groups excluding tert-OH is 1. The van der Waals surface area contributed by atoms with Crippen molar-refractivity contribution in [2.45, 2.75) is 32.8 Å². The molecule has 2 aromatic rings. The highest BCUT2D eigenvalue weighted by Gasteiger charge is 2.16. The third kappa shape index (κ3) is 4.82. The van der Waals surface area contributed by atoms with Crippen LogP contribution in [0.4, 0.5) is 10.5 Å². The number of amides is 2. The Morgan fingerprint density at radius 1 is 1.22 bits per heavy atom. The SMILES string of the molecule is CCC(CC)C(O)CNC(=O)Nc1ccc(-c2ccn[nH]2)cc1. The average Bonchev–Trinajstić information content (AvgIpc) is 3.09. The number of nitrogens with zero attached hydrogens (tertiary/aromatic N) is 1. The van der Waals surface area contributed by atoms with E-state index < -0.39 is 6.10 Å². The maximum Gasteiger partial charge on any atom is 0.319 e. The van der Waals surface area contributed by atoms with Crippen LogP contribution in [0.25, 0.3) is 11.3 Å². The predicted molar refractivity (Wildman–Crippen MR) is 91.1 cm³/mol. The van der Waals surface area contributed by atoms with Gasteiger partial charge in [-0.05, 0) is 29.7 Å². The molecule has 1 aromatic carbocycles. The largest absolute Gasteiger partial charge is 0.391 e. The first kappa shape index (κ1) is 17.0. The second-order valence-electron chi connectivity index (χ2n) is 5.53. The van der Waals surface area contributed by atoms with Gasteiger partial charge in [0.1, 0.15) is 0 Å². The molecule has 0 aliphatic rings. The fraction of sp³-hybridized carbons (Fsp3) is 0.412. The van der Waals surface area contributed by atoms with Crippen molar-refractivity contribution in [3.05, 3.63) is 36.5 Å². The van der Waals surface area contributed by atoms with E-state index in [1.54, 1.807) is 6.20 Å². The second-order valence-corrected chi connectivity index (χ2v) is 5.53. The summed E-state index contributed by atoms with van der Waals surface area (Å²) in [6.45, 7) is 4.34. The number of hydrogen-bond donors (Lipinski definition) is 4. The van der Waals surface area contributed by atoms with Crippen molar-refractivity contribution in [3.63, 3.8) is 0 Å². The van der Waals surface area contributed by atoms with Crippen molar-refractivity contribution in [2.75, 3.05) is 11.9 Å². The highest BCUT2D eigenvalue weighted by atomic mass is 16.3. The van der Waals surface area contributed by atoms with Gasteiger partial charge in [-0.2, -0.15) is 5.10 Å². The van der Waals surface area contributed by atoms with Gasteiger partial charge in [-0.25, -0.2) is 4.79 Å². The van der Waals surface area contributed by atoms with Gasteiger partial charge in [-0.15, -0.1) is 0 Å². The maximum absolute atomic E-state index is 11.9. The number of aromatic amines is 1. The summed E-state index contributed by atoms with van der Waals surface area (Å²) >= 11 is 0. The van der Waals surface area contributed by atoms with Crippen LogP contribution in [0.15, 0.2) is 36.5 Å². The summed E-state index contributed by atoms with van der Waals surface area (Å²) < 4.78 is 0. The molecule has 0 radical (unpaired) electrons. The lowest BCUT2D eigenvalue weighted by atomic mass is 9.97. The molecule has 2 rings (SSSR count). The normalized spacial score (nSPS) is 12.2. The first-order valence-electron chi connectivity index (χ1n) is 7.96. The number of aromatic nitrogens is 2. The first-order chi connectivity index (χ1) is 11.1. The van der Waals surface area contributed by atoms with Crippen LogP contribution in [0, 0.1) is 5.92 Å². The van der Waals surface area contributed by atoms with Gasteiger partial charge < -0.3 is 15.7 Å². The van der Waals surface area contributed by atoms with Crippen molar-refractivity contribution >= 4 is 11.7 Å². The van der Waals surface area contributed by atoms with Gasteiger partial charge in [-0.3, -0.25) is 5.10 Å². The number of urea groups is 1. The first-order valence-corrected chi connectivity index (χ1v) is 7.96. The third-order valence-corrected chi connectivity index (χ3v) is 4.02. The van der Waals surface area contributed by atoms with Gasteiger partial charge in [0, 0.05) is 18.4 Å². The predicted octanol–water partition coefficient (Wildman–Crippen LogP) is 3.00. The molecule has 4 N–H and O–H groups in total.